The minimum Gasteiger partial charge on any atom is -0.338 e. The van der Waals surface area contributed by atoms with Gasteiger partial charge in [-0.15, -0.1) is 0 Å². The van der Waals surface area contributed by atoms with E-state index in [1.807, 2.05) is 0 Å². The lowest BCUT2D eigenvalue weighted by atomic mass is 9.59. The standard InChI is InChI=1S/C62H55N/c1-60(2)52-23-14-12-21-47(52)50-36-40(28-34-53(50)60)39-26-30-44(31-27-39)63(45-32-33-48-46-20-11-13-22-51(46)61(3,4)56(48)38-45)57-25-15-24-54-59(57)58-49-37-41(49)29-35-55(58)62(54,42-16-7-5-8-17-42)43-18-9-6-10-19-43/h5-14,16-23,26-35,37-38,41,50,54,57,59H,15,24-25,36H2,1-4H3/t41-,50?,54?,57-,59?/m1/s1. The first-order chi connectivity index (χ1) is 30.8. The van der Waals surface area contributed by atoms with Crippen LogP contribution in [0.5, 0.6) is 0 Å². The zero-order valence-corrected chi connectivity index (χ0v) is 37.0. The Kier molecular flexibility index (Phi) is 7.96. The first-order valence-corrected chi connectivity index (χ1v) is 23.7. The van der Waals surface area contributed by atoms with E-state index in [1.165, 1.54) is 85.4 Å². The molecule has 0 N–H and O–H groups in total. The summed E-state index contributed by atoms with van der Waals surface area (Å²) in [6.45, 7) is 9.67. The Morgan fingerprint density at radius 1 is 0.587 bits per heavy atom. The minimum atomic E-state index is -0.226. The summed E-state index contributed by atoms with van der Waals surface area (Å²) in [4.78, 5) is 2.82. The fraction of sp³-hybridized carbons (Fsp3) is 0.258. The van der Waals surface area contributed by atoms with Gasteiger partial charge in [-0.05, 0) is 122 Å². The van der Waals surface area contributed by atoms with E-state index >= 15 is 0 Å². The Bertz CT molecular complexity index is 2980. The van der Waals surface area contributed by atoms with Crippen molar-refractivity contribution in [2.45, 2.75) is 81.6 Å². The predicted molar refractivity (Wildman–Crippen MR) is 261 cm³/mol. The maximum absolute atomic E-state index is 2.82. The largest absolute Gasteiger partial charge is 0.338 e. The van der Waals surface area contributed by atoms with E-state index in [9.17, 15) is 0 Å². The maximum Gasteiger partial charge on any atom is 0.0488 e. The van der Waals surface area contributed by atoms with E-state index in [-0.39, 0.29) is 22.3 Å². The van der Waals surface area contributed by atoms with Crippen molar-refractivity contribution >= 4 is 16.9 Å². The molecule has 308 valence electrons. The van der Waals surface area contributed by atoms with Crippen LogP contribution in [0.1, 0.15) is 98.2 Å². The Morgan fingerprint density at radius 3 is 2.02 bits per heavy atom. The molecule has 0 aliphatic heterocycles. The van der Waals surface area contributed by atoms with Crippen LogP contribution in [0, 0.1) is 17.8 Å². The van der Waals surface area contributed by atoms with Crippen molar-refractivity contribution in [1.29, 1.82) is 0 Å². The first kappa shape index (κ1) is 37.4. The number of allylic oxidation sites excluding steroid dienone is 9. The molecule has 6 aromatic carbocycles. The highest BCUT2D eigenvalue weighted by atomic mass is 15.2. The molecule has 7 aliphatic rings. The van der Waals surface area contributed by atoms with E-state index < -0.39 is 0 Å². The fourth-order valence-electron chi connectivity index (χ4n) is 14.2. The van der Waals surface area contributed by atoms with Gasteiger partial charge >= 0.3 is 0 Å². The smallest absolute Gasteiger partial charge is 0.0488 e. The summed E-state index contributed by atoms with van der Waals surface area (Å²) in [6, 6.07) is 58.9. The topological polar surface area (TPSA) is 3.24 Å². The van der Waals surface area contributed by atoms with Crippen LogP contribution in [0.15, 0.2) is 204 Å². The van der Waals surface area contributed by atoms with Crippen molar-refractivity contribution in [3.8, 4) is 11.1 Å². The summed E-state index contributed by atoms with van der Waals surface area (Å²) >= 11 is 0. The summed E-state index contributed by atoms with van der Waals surface area (Å²) < 4.78 is 0. The zero-order valence-electron chi connectivity index (χ0n) is 37.0. The van der Waals surface area contributed by atoms with Crippen molar-refractivity contribution in [3.05, 3.63) is 243 Å². The zero-order chi connectivity index (χ0) is 42.2. The van der Waals surface area contributed by atoms with E-state index in [1.54, 1.807) is 16.7 Å². The lowest BCUT2D eigenvalue weighted by Gasteiger charge is -2.48. The lowest BCUT2D eigenvalue weighted by molar-refractivity contribution is 0.205. The Balaban J connectivity index is 0.965. The average Bonchev–Trinajstić information content (AvgIpc) is 3.95. The number of hydrogen-bond donors (Lipinski definition) is 0. The number of benzene rings is 6. The summed E-state index contributed by atoms with van der Waals surface area (Å²) in [5, 5.41) is 0. The molecular weight excluding hydrogens is 759 g/mol. The van der Waals surface area contributed by atoms with Gasteiger partial charge in [0.05, 0.1) is 0 Å². The fourth-order valence-corrected chi connectivity index (χ4v) is 14.2. The maximum atomic E-state index is 2.82. The summed E-state index contributed by atoms with van der Waals surface area (Å²) in [5.74, 6) is 1.69. The predicted octanol–water partition coefficient (Wildman–Crippen LogP) is 15.1. The van der Waals surface area contributed by atoms with Crippen LogP contribution in [-0.2, 0) is 16.2 Å². The number of fused-ring (bicyclic) bond motifs is 10. The third kappa shape index (κ3) is 5.17. The van der Waals surface area contributed by atoms with Crippen LogP contribution < -0.4 is 4.90 Å². The highest BCUT2D eigenvalue weighted by molar-refractivity contribution is 5.84. The normalized spacial score (nSPS) is 25.6. The number of nitrogens with zero attached hydrogens (tertiary/aromatic N) is 1. The number of anilines is 2. The summed E-state index contributed by atoms with van der Waals surface area (Å²) in [6.07, 6.45) is 17.1. The van der Waals surface area contributed by atoms with E-state index in [2.05, 4.69) is 215 Å². The molecule has 0 aromatic heterocycles. The molecule has 1 saturated carbocycles. The van der Waals surface area contributed by atoms with Gasteiger partial charge < -0.3 is 4.90 Å². The number of rotatable bonds is 6. The van der Waals surface area contributed by atoms with E-state index in [0.717, 1.165) is 12.8 Å². The molecule has 1 heteroatoms. The highest BCUT2D eigenvalue weighted by Crippen LogP contribution is 2.67. The van der Waals surface area contributed by atoms with Crippen LogP contribution in [0.3, 0.4) is 0 Å². The second-order valence-corrected chi connectivity index (χ2v) is 20.6. The Labute approximate surface area is 373 Å². The van der Waals surface area contributed by atoms with Crippen molar-refractivity contribution in [2.75, 3.05) is 4.90 Å². The second kappa shape index (κ2) is 13.4. The van der Waals surface area contributed by atoms with Gasteiger partial charge in [0.2, 0.25) is 0 Å². The van der Waals surface area contributed by atoms with Gasteiger partial charge in [-0.3, -0.25) is 0 Å². The van der Waals surface area contributed by atoms with Crippen molar-refractivity contribution < 1.29 is 0 Å². The quantitative estimate of drug-likeness (QED) is 0.162. The lowest BCUT2D eigenvalue weighted by Crippen LogP contribution is -2.48. The molecule has 0 heterocycles. The van der Waals surface area contributed by atoms with Gasteiger partial charge in [0, 0.05) is 51.4 Å². The van der Waals surface area contributed by atoms with E-state index in [0.29, 0.717) is 23.7 Å². The minimum absolute atomic E-state index is 0.0656. The molecule has 1 nitrogen and oxygen atoms in total. The van der Waals surface area contributed by atoms with Gasteiger partial charge in [0.15, 0.2) is 0 Å². The van der Waals surface area contributed by atoms with Crippen molar-refractivity contribution in [1.82, 2.24) is 0 Å². The molecule has 1 fully saturated rings. The van der Waals surface area contributed by atoms with Gasteiger partial charge in [0.25, 0.3) is 0 Å². The van der Waals surface area contributed by atoms with Crippen LogP contribution >= 0.6 is 0 Å². The molecule has 5 atom stereocenters. The molecule has 63 heavy (non-hydrogen) atoms. The average molecular weight is 814 g/mol. The van der Waals surface area contributed by atoms with Crippen LogP contribution in [0.2, 0.25) is 0 Å². The molecule has 6 aromatic rings. The highest BCUT2D eigenvalue weighted by Gasteiger charge is 2.61. The second-order valence-electron chi connectivity index (χ2n) is 20.6. The molecule has 7 aliphatic carbocycles. The molecule has 0 radical (unpaired) electrons. The van der Waals surface area contributed by atoms with Gasteiger partial charge in [-0.2, -0.15) is 0 Å². The molecule has 0 saturated heterocycles. The number of hydrogen-bond acceptors (Lipinski definition) is 1. The molecular formula is C62H55N. The molecule has 3 unspecified atom stereocenters. The Hall–Kier alpha value is -6.18. The Morgan fingerprint density at radius 2 is 1.25 bits per heavy atom. The summed E-state index contributed by atoms with van der Waals surface area (Å²) in [7, 11) is 0. The third-order valence-corrected chi connectivity index (χ3v) is 17.0. The molecule has 13 rings (SSSR count). The van der Waals surface area contributed by atoms with Crippen LogP contribution in [0.4, 0.5) is 11.4 Å². The van der Waals surface area contributed by atoms with Gasteiger partial charge in [-0.25, -0.2) is 0 Å². The first-order valence-electron chi connectivity index (χ1n) is 23.7. The molecule has 0 bridgehead atoms. The van der Waals surface area contributed by atoms with Crippen LogP contribution in [0.25, 0.3) is 16.7 Å². The van der Waals surface area contributed by atoms with Gasteiger partial charge in [-0.1, -0.05) is 197 Å². The SMILES string of the molecule is CC1(C)C2=CC=C(c3ccc(N(c4ccc5c(c4)C(C)(C)c4ccccc4-5)[C@@H]4CCCC5C4C4=C(C=C[C@@H]6C=C46)C5(c4ccccc4)c4ccccc4)cc3)CC2c2ccccc21. The van der Waals surface area contributed by atoms with Crippen LogP contribution in [-0.4, -0.2) is 6.04 Å². The monoisotopic (exact) mass is 813 g/mol. The molecule has 0 spiro atoms. The molecule has 0 amide bonds. The van der Waals surface area contributed by atoms with Crippen molar-refractivity contribution in [3.63, 3.8) is 0 Å². The van der Waals surface area contributed by atoms with E-state index in [4.69, 9.17) is 0 Å². The van der Waals surface area contributed by atoms with Gasteiger partial charge in [0.1, 0.15) is 0 Å². The third-order valence-electron chi connectivity index (χ3n) is 17.0. The van der Waals surface area contributed by atoms with Crippen molar-refractivity contribution in [2.24, 2.45) is 17.8 Å². The summed E-state index contributed by atoms with van der Waals surface area (Å²) in [5.41, 5.74) is 22.9.